The number of rotatable bonds is 9. The number of carbonyl (C=O) groups excluding carboxylic acids is 4. The fourth-order valence-corrected chi connectivity index (χ4v) is 10.2. The van der Waals surface area contributed by atoms with E-state index in [0.29, 0.717) is 48.0 Å². The largest absolute Gasteiger partial charge is 0.497 e. The molecule has 4 amide bonds. The zero-order valence-corrected chi connectivity index (χ0v) is 35.1. The third-order valence-electron chi connectivity index (χ3n) is 12.6. The maximum atomic E-state index is 14.8. The molecule has 16 nitrogen and oxygen atoms in total. The van der Waals surface area contributed by atoms with Gasteiger partial charge in [0.05, 0.1) is 18.9 Å². The minimum absolute atomic E-state index is 0.0126. The van der Waals surface area contributed by atoms with Gasteiger partial charge in [-0.05, 0) is 107 Å². The quantitative estimate of drug-likeness (QED) is 0.176. The second kappa shape index (κ2) is 16.8. The predicted molar refractivity (Wildman–Crippen MR) is 223 cm³/mol. The average Bonchev–Trinajstić information content (AvgIpc) is 4.07. The Bertz CT molecular complexity index is 2540. The van der Waals surface area contributed by atoms with Crippen LogP contribution in [0.15, 0.2) is 59.0 Å². The highest BCUT2D eigenvalue weighted by Crippen LogP contribution is 2.46. The Morgan fingerprint density at radius 2 is 1.74 bits per heavy atom. The summed E-state index contributed by atoms with van der Waals surface area (Å²) >= 11 is 0. The van der Waals surface area contributed by atoms with Crippen LogP contribution in [0.2, 0.25) is 0 Å². The molecule has 2 aliphatic heterocycles. The first-order chi connectivity index (χ1) is 29.9. The van der Waals surface area contributed by atoms with E-state index in [1.807, 2.05) is 12.2 Å². The number of hydrogen-bond donors (Lipinski definition) is 3. The normalized spacial score (nSPS) is 26.5. The number of nitrogens with zero attached hydrogens (tertiary/aromatic N) is 3. The molecule has 328 valence electrons. The fourth-order valence-electron chi connectivity index (χ4n) is 8.88. The van der Waals surface area contributed by atoms with Gasteiger partial charge in [-0.1, -0.05) is 25.0 Å². The van der Waals surface area contributed by atoms with E-state index in [1.54, 1.807) is 31.4 Å². The maximum absolute atomic E-state index is 14.8. The van der Waals surface area contributed by atoms with Crippen molar-refractivity contribution in [3.8, 4) is 23.0 Å². The minimum atomic E-state index is -3.94. The number of amides is 4. The van der Waals surface area contributed by atoms with Crippen molar-refractivity contribution >= 4 is 55.9 Å². The van der Waals surface area contributed by atoms with E-state index in [4.69, 9.17) is 28.6 Å². The molecule has 5 aliphatic rings. The SMILES string of the molecule is COc1ccc(-c2nc(O[C@@H]3C[C@H]4C(=O)N[C@]5(C(=O)NS(=O)(=O)C6CC6)C[C@H]5/C=C\CCCCC[C@H](NC(=O)OC5CCCC5)C(=O)N4C3)c3oc4ccc(F)cc4c3n2)cc1. The number of sulfonamides is 1. The van der Waals surface area contributed by atoms with Crippen molar-refractivity contribution in [2.75, 3.05) is 13.7 Å². The number of hydrogen-bond acceptors (Lipinski definition) is 12. The van der Waals surface area contributed by atoms with Crippen LogP contribution in [-0.4, -0.2) is 95.8 Å². The summed E-state index contributed by atoms with van der Waals surface area (Å²) in [6, 6.07) is 8.78. The summed E-state index contributed by atoms with van der Waals surface area (Å²) in [5.74, 6) is -2.21. The van der Waals surface area contributed by atoms with Crippen molar-refractivity contribution in [1.29, 1.82) is 0 Å². The van der Waals surface area contributed by atoms with Crippen LogP contribution in [0.25, 0.3) is 33.5 Å². The molecule has 2 aromatic carbocycles. The molecule has 4 fully saturated rings. The van der Waals surface area contributed by atoms with Gasteiger partial charge in [0.1, 0.15) is 52.5 Å². The smallest absolute Gasteiger partial charge is 0.408 e. The molecule has 1 saturated heterocycles. The molecule has 62 heavy (non-hydrogen) atoms. The summed E-state index contributed by atoms with van der Waals surface area (Å²) in [6.45, 7) is -0.135. The van der Waals surface area contributed by atoms with Gasteiger partial charge in [0.25, 0.3) is 11.8 Å². The summed E-state index contributed by atoms with van der Waals surface area (Å²) in [4.78, 5) is 67.4. The molecule has 0 bridgehead atoms. The van der Waals surface area contributed by atoms with Gasteiger partial charge in [-0.25, -0.2) is 22.6 Å². The van der Waals surface area contributed by atoms with E-state index in [1.165, 1.54) is 23.1 Å². The van der Waals surface area contributed by atoms with E-state index in [-0.39, 0.29) is 54.7 Å². The summed E-state index contributed by atoms with van der Waals surface area (Å²) in [5, 5.41) is 5.39. The number of aromatic nitrogens is 2. The van der Waals surface area contributed by atoms with Gasteiger partial charge in [-0.3, -0.25) is 19.1 Å². The van der Waals surface area contributed by atoms with Crippen LogP contribution in [0.1, 0.15) is 83.5 Å². The molecule has 3 N–H and O–H groups in total. The number of alkyl carbamates (subject to hydrolysis) is 1. The second-order valence-corrected chi connectivity index (χ2v) is 19.0. The lowest BCUT2D eigenvalue weighted by Gasteiger charge is -2.30. The van der Waals surface area contributed by atoms with Crippen LogP contribution in [0, 0.1) is 11.7 Å². The van der Waals surface area contributed by atoms with Crippen LogP contribution in [0.4, 0.5) is 9.18 Å². The van der Waals surface area contributed by atoms with Gasteiger partial charge in [-0.15, -0.1) is 0 Å². The summed E-state index contributed by atoms with van der Waals surface area (Å²) < 4.78 is 66.5. The Hall–Kier alpha value is -5.78. The zero-order valence-electron chi connectivity index (χ0n) is 34.3. The van der Waals surface area contributed by atoms with Gasteiger partial charge in [0.15, 0.2) is 5.82 Å². The number of ether oxygens (including phenoxy) is 3. The molecule has 4 heterocycles. The van der Waals surface area contributed by atoms with E-state index in [9.17, 15) is 32.0 Å². The third-order valence-corrected chi connectivity index (χ3v) is 14.4. The van der Waals surface area contributed by atoms with E-state index in [2.05, 4.69) is 15.4 Å². The lowest BCUT2D eigenvalue weighted by atomic mass is 10.0. The van der Waals surface area contributed by atoms with Gasteiger partial charge in [0, 0.05) is 23.3 Å². The monoisotopic (exact) mass is 872 g/mol. The lowest BCUT2D eigenvalue weighted by Crippen LogP contribution is -2.58. The van der Waals surface area contributed by atoms with Crippen LogP contribution >= 0.6 is 0 Å². The van der Waals surface area contributed by atoms with Crippen molar-refractivity contribution in [3.63, 3.8) is 0 Å². The third kappa shape index (κ3) is 8.52. The second-order valence-electron chi connectivity index (χ2n) is 17.0. The minimum Gasteiger partial charge on any atom is -0.497 e. The highest BCUT2D eigenvalue weighted by atomic mass is 32.2. The average molecular weight is 873 g/mol. The highest BCUT2D eigenvalue weighted by molar-refractivity contribution is 7.91. The first-order valence-corrected chi connectivity index (χ1v) is 23.0. The van der Waals surface area contributed by atoms with Crippen molar-refractivity contribution in [2.45, 2.75) is 119 Å². The first kappa shape index (κ1) is 41.6. The molecule has 18 heteroatoms. The maximum Gasteiger partial charge on any atom is 0.408 e. The molecule has 2 aromatic heterocycles. The number of benzene rings is 2. The highest BCUT2D eigenvalue weighted by Gasteiger charge is 2.62. The number of methoxy groups -OCH3 is 1. The molecule has 0 unspecified atom stereocenters. The van der Waals surface area contributed by atoms with E-state index in [0.717, 1.165) is 38.5 Å². The topological polar surface area (TPSA) is 208 Å². The Morgan fingerprint density at radius 3 is 2.50 bits per heavy atom. The van der Waals surface area contributed by atoms with Crippen LogP contribution < -0.4 is 24.8 Å². The molecule has 0 spiro atoms. The molecule has 4 aromatic rings. The van der Waals surface area contributed by atoms with Gasteiger partial charge in [0.2, 0.25) is 27.4 Å². The van der Waals surface area contributed by atoms with Crippen molar-refractivity contribution < 1.29 is 50.6 Å². The number of allylic oxidation sites excluding steroid dienone is 1. The molecular weight excluding hydrogens is 824 g/mol. The van der Waals surface area contributed by atoms with Crippen LogP contribution in [0.5, 0.6) is 11.6 Å². The first-order valence-electron chi connectivity index (χ1n) is 21.4. The summed E-state index contributed by atoms with van der Waals surface area (Å²) in [5.41, 5.74) is -0.237. The van der Waals surface area contributed by atoms with Gasteiger partial charge >= 0.3 is 6.09 Å². The molecule has 0 radical (unpaired) electrons. The number of nitrogens with one attached hydrogen (secondary N) is 3. The van der Waals surface area contributed by atoms with E-state index >= 15 is 0 Å². The zero-order chi connectivity index (χ0) is 43.2. The van der Waals surface area contributed by atoms with Gasteiger partial charge in [-0.2, -0.15) is 4.98 Å². The molecule has 5 atom stereocenters. The lowest BCUT2D eigenvalue weighted by molar-refractivity contribution is -0.141. The Balaban J connectivity index is 1.06. The summed E-state index contributed by atoms with van der Waals surface area (Å²) in [6.07, 6.45) is 9.30. The molecular formula is C44H49FN6O10S. The van der Waals surface area contributed by atoms with Crippen molar-refractivity contribution in [1.82, 2.24) is 30.2 Å². The van der Waals surface area contributed by atoms with Gasteiger partial charge < -0.3 is 34.2 Å². The Labute approximate surface area is 357 Å². The Kier molecular flexibility index (Phi) is 11.3. The van der Waals surface area contributed by atoms with Crippen molar-refractivity contribution in [3.05, 3.63) is 60.4 Å². The van der Waals surface area contributed by atoms with Crippen molar-refractivity contribution in [2.24, 2.45) is 5.92 Å². The summed E-state index contributed by atoms with van der Waals surface area (Å²) in [7, 11) is -2.40. The number of fused-ring (bicyclic) bond motifs is 5. The molecule has 9 rings (SSSR count). The van der Waals surface area contributed by atoms with Crippen LogP contribution in [-0.2, 0) is 29.1 Å². The molecule has 3 saturated carbocycles. The number of furan rings is 1. The standard InChI is InChI=1S/C44H49FN6O10S/c1-58-28-16-13-25(14-17-28)38-47-36-32-21-27(45)15-20-35(32)61-37(36)40(48-38)59-30-22-34-39(52)49-44(42(54)50-62(56,57)31-18-19-31)23-26(44)9-5-3-2-4-6-12-33(41(53)51(34)24-30)46-43(55)60-29-10-7-8-11-29/h5,9,13-17,20-21,26,29-31,33-34H,2-4,6-8,10-12,18-19,22-24H2,1H3,(H,46,55)(H,49,52)(H,50,54)/b9-5-/t26-,30-,33+,34+,44-/m1/s1. The fraction of sp³-hybridized carbons (Fsp3) is 0.500. The number of carbonyl (C=O) groups is 4. The van der Waals surface area contributed by atoms with Crippen LogP contribution in [0.3, 0.4) is 0 Å². The predicted octanol–water partition coefficient (Wildman–Crippen LogP) is 5.58. The van der Waals surface area contributed by atoms with E-state index < -0.39 is 74.5 Å². The number of halogens is 1. The Morgan fingerprint density at radius 1 is 0.968 bits per heavy atom. The molecule has 3 aliphatic carbocycles.